The Bertz CT molecular complexity index is 2840. The van der Waals surface area contributed by atoms with E-state index in [2.05, 4.69) is 0 Å². The summed E-state index contributed by atoms with van der Waals surface area (Å²) >= 11 is 0. The van der Waals surface area contributed by atoms with Crippen molar-refractivity contribution in [2.45, 2.75) is 6.17 Å². The predicted octanol–water partition coefficient (Wildman–Crippen LogP) is 6.47. The van der Waals surface area contributed by atoms with E-state index in [1.807, 2.05) is 0 Å². The highest BCUT2D eigenvalue weighted by Crippen LogP contribution is 2.44. The Hall–Kier alpha value is -7.56. The van der Waals surface area contributed by atoms with Crippen LogP contribution in [0.15, 0.2) is 140 Å². The van der Waals surface area contributed by atoms with Gasteiger partial charge < -0.3 is 5.73 Å². The number of hydrogen-bond donors (Lipinski definition) is 1. The molecule has 0 aromatic heterocycles. The third-order valence-electron chi connectivity index (χ3n) is 10.6. The van der Waals surface area contributed by atoms with Crippen molar-refractivity contribution in [3.8, 4) is 0 Å². The standard InChI is InChI=1S/C45H26N4O6/c46-36-22-23-47(33-19-7-16-30-37(33)43(53)27-13-4-1-10-24(27)40(30)50)49(35-21-9-18-32-39(35)45(55)29-15-6-3-12-26(29)42(32)52)48(36)34-20-8-17-31-38(34)44(54)28-14-5-2-11-25(28)41(31)51/h1-23,36H,46H2. The Balaban J connectivity index is 1.25. The van der Waals surface area contributed by atoms with Crippen molar-refractivity contribution >= 4 is 51.8 Å². The lowest BCUT2D eigenvalue weighted by atomic mass is 9.82. The van der Waals surface area contributed by atoms with Crippen molar-refractivity contribution in [3.05, 3.63) is 206 Å². The summed E-state index contributed by atoms with van der Waals surface area (Å²) < 4.78 is 0. The first-order chi connectivity index (χ1) is 26.8. The molecule has 0 fully saturated rings. The van der Waals surface area contributed by atoms with Crippen LogP contribution < -0.4 is 20.9 Å². The zero-order valence-electron chi connectivity index (χ0n) is 28.7. The highest BCUT2D eigenvalue weighted by molar-refractivity contribution is 6.32. The molecule has 1 heterocycles. The van der Waals surface area contributed by atoms with Crippen molar-refractivity contribution in [3.63, 3.8) is 0 Å². The number of hydrogen-bond acceptors (Lipinski definition) is 10. The second kappa shape index (κ2) is 11.7. The lowest BCUT2D eigenvalue weighted by Gasteiger charge is -2.50. The fraction of sp³-hybridized carbons (Fsp3) is 0.0222. The molecule has 0 saturated heterocycles. The molecule has 0 bridgehead atoms. The molecule has 0 spiro atoms. The summed E-state index contributed by atoms with van der Waals surface area (Å²) in [5.74, 6) is -2.24. The summed E-state index contributed by atoms with van der Waals surface area (Å²) in [6, 6.07) is 34.5. The van der Waals surface area contributed by atoms with E-state index in [-0.39, 0.29) is 107 Å². The second-order valence-corrected chi connectivity index (χ2v) is 13.5. The topological polar surface area (TPSA) is 138 Å². The molecular formula is C45H26N4O6. The summed E-state index contributed by atoms with van der Waals surface area (Å²) in [4.78, 5) is 85.2. The van der Waals surface area contributed by atoms with Gasteiger partial charge in [0.1, 0.15) is 6.17 Å². The molecular weight excluding hydrogens is 693 g/mol. The fourth-order valence-electron chi connectivity index (χ4n) is 8.15. The third-order valence-corrected chi connectivity index (χ3v) is 10.6. The number of hydrazine groups is 2. The Labute approximate surface area is 313 Å². The summed E-state index contributed by atoms with van der Waals surface area (Å²) in [6.07, 6.45) is 2.24. The average molecular weight is 719 g/mol. The van der Waals surface area contributed by atoms with Gasteiger partial charge in [-0.3, -0.25) is 28.8 Å². The summed E-state index contributed by atoms with van der Waals surface area (Å²) in [5.41, 5.74) is 9.93. The van der Waals surface area contributed by atoms with Crippen molar-refractivity contribution in [1.82, 2.24) is 0 Å². The Morgan fingerprint density at radius 2 is 0.691 bits per heavy atom. The highest BCUT2D eigenvalue weighted by Gasteiger charge is 2.43. The smallest absolute Gasteiger partial charge is 0.196 e. The van der Waals surface area contributed by atoms with Gasteiger partial charge in [-0.2, -0.15) is 5.12 Å². The van der Waals surface area contributed by atoms with E-state index in [0.717, 1.165) is 0 Å². The highest BCUT2D eigenvalue weighted by atomic mass is 16.2. The van der Waals surface area contributed by atoms with Crippen molar-refractivity contribution in [1.29, 1.82) is 0 Å². The molecule has 262 valence electrons. The SMILES string of the molecule is NC1C=CN(c2cccc3c2C(=O)c2ccccc2C3=O)N(c2cccc3c2C(=O)c2ccccc2C3=O)N1c1cccc2c1C(=O)c1ccccc1C2=O. The molecule has 0 radical (unpaired) electrons. The van der Waals surface area contributed by atoms with E-state index in [0.29, 0.717) is 0 Å². The van der Waals surface area contributed by atoms with Gasteiger partial charge in [0.2, 0.25) is 0 Å². The minimum absolute atomic E-state index is 0.0683. The quantitative estimate of drug-likeness (QED) is 0.216. The normalized spacial score (nSPS) is 16.7. The maximum Gasteiger partial charge on any atom is 0.196 e. The van der Waals surface area contributed by atoms with E-state index in [4.69, 9.17) is 5.73 Å². The number of nitrogens with two attached hydrogens (primary N) is 1. The van der Waals surface area contributed by atoms with Gasteiger partial charge in [0.15, 0.2) is 34.7 Å². The van der Waals surface area contributed by atoms with E-state index < -0.39 is 17.7 Å². The van der Waals surface area contributed by atoms with E-state index in [1.165, 1.54) is 0 Å². The van der Waals surface area contributed by atoms with Crippen LogP contribution in [0.25, 0.3) is 0 Å². The predicted molar refractivity (Wildman–Crippen MR) is 204 cm³/mol. The molecule has 1 aliphatic heterocycles. The van der Waals surface area contributed by atoms with Crippen LogP contribution in [-0.2, 0) is 0 Å². The third kappa shape index (κ3) is 4.40. The summed E-state index contributed by atoms with van der Waals surface area (Å²) in [6.45, 7) is 0. The number of benzene rings is 6. The average Bonchev–Trinajstić information content (AvgIpc) is 3.23. The van der Waals surface area contributed by atoms with E-state index in [1.54, 1.807) is 155 Å². The zero-order chi connectivity index (χ0) is 37.7. The largest absolute Gasteiger partial charge is 0.306 e. The molecule has 55 heavy (non-hydrogen) atoms. The Kier molecular flexibility index (Phi) is 6.85. The van der Waals surface area contributed by atoms with E-state index in [9.17, 15) is 28.8 Å². The van der Waals surface area contributed by atoms with Gasteiger partial charge in [-0.05, 0) is 24.3 Å². The maximum absolute atomic E-state index is 14.6. The van der Waals surface area contributed by atoms with Crippen LogP contribution in [0.3, 0.4) is 0 Å². The molecule has 2 N–H and O–H groups in total. The molecule has 10 nitrogen and oxygen atoms in total. The Morgan fingerprint density at radius 3 is 1.13 bits per heavy atom. The monoisotopic (exact) mass is 718 g/mol. The molecule has 1 atom stereocenters. The van der Waals surface area contributed by atoms with Crippen LogP contribution in [0.2, 0.25) is 0 Å². The van der Waals surface area contributed by atoms with Gasteiger partial charge >= 0.3 is 0 Å². The summed E-state index contributed by atoms with van der Waals surface area (Å²) in [5, 5.41) is 4.69. The molecule has 0 saturated carbocycles. The zero-order valence-corrected chi connectivity index (χ0v) is 28.7. The van der Waals surface area contributed by atoms with E-state index >= 15 is 0 Å². The molecule has 6 aromatic carbocycles. The molecule has 0 amide bonds. The molecule has 3 aliphatic carbocycles. The van der Waals surface area contributed by atoms with Crippen LogP contribution in [-0.4, -0.2) is 40.9 Å². The Morgan fingerprint density at radius 1 is 0.364 bits per heavy atom. The first-order valence-corrected chi connectivity index (χ1v) is 17.5. The number of ketones is 6. The minimum atomic E-state index is -1.02. The van der Waals surface area contributed by atoms with Crippen LogP contribution in [0, 0.1) is 0 Å². The number of carbonyl (C=O) groups excluding carboxylic acids is 6. The van der Waals surface area contributed by atoms with Crippen molar-refractivity contribution in [2.75, 3.05) is 15.1 Å². The van der Waals surface area contributed by atoms with Crippen molar-refractivity contribution < 1.29 is 28.8 Å². The van der Waals surface area contributed by atoms with Gasteiger partial charge in [0.25, 0.3) is 0 Å². The van der Waals surface area contributed by atoms with Gasteiger partial charge in [0.05, 0.1) is 33.8 Å². The fourth-order valence-corrected chi connectivity index (χ4v) is 8.15. The first-order valence-electron chi connectivity index (χ1n) is 17.5. The first kappa shape index (κ1) is 32.1. The molecule has 4 aliphatic rings. The number of nitrogens with zero attached hydrogens (tertiary/aromatic N) is 3. The van der Waals surface area contributed by atoms with Gasteiger partial charge in [-0.25, -0.2) is 10.0 Å². The minimum Gasteiger partial charge on any atom is -0.306 e. The molecule has 6 aromatic rings. The lowest BCUT2D eigenvalue weighted by Crippen LogP contribution is -2.62. The number of carbonyl (C=O) groups is 6. The molecule has 1 unspecified atom stereocenters. The van der Waals surface area contributed by atoms with Crippen molar-refractivity contribution in [2.24, 2.45) is 5.73 Å². The van der Waals surface area contributed by atoms with Crippen LogP contribution in [0.1, 0.15) is 95.5 Å². The van der Waals surface area contributed by atoms with Crippen LogP contribution in [0.5, 0.6) is 0 Å². The maximum atomic E-state index is 14.6. The number of fused-ring (bicyclic) bond motifs is 6. The van der Waals surface area contributed by atoms with Crippen LogP contribution in [0.4, 0.5) is 17.1 Å². The number of anilines is 3. The number of rotatable bonds is 3. The van der Waals surface area contributed by atoms with Gasteiger partial charge in [0, 0.05) is 56.3 Å². The van der Waals surface area contributed by atoms with Gasteiger partial charge in [-0.1, -0.05) is 109 Å². The molecule has 10 rings (SSSR count). The molecule has 10 heteroatoms. The second-order valence-electron chi connectivity index (χ2n) is 13.5. The van der Waals surface area contributed by atoms with Crippen LogP contribution >= 0.6 is 0 Å². The van der Waals surface area contributed by atoms with Gasteiger partial charge in [-0.15, -0.1) is 0 Å². The lowest BCUT2D eigenvalue weighted by molar-refractivity contribution is 0.0978. The summed E-state index contributed by atoms with van der Waals surface area (Å²) in [7, 11) is 0.